The highest BCUT2D eigenvalue weighted by Gasteiger charge is 2.39. The van der Waals surface area contributed by atoms with Gasteiger partial charge >= 0.3 is 0 Å². The summed E-state index contributed by atoms with van der Waals surface area (Å²) in [6.45, 7) is 20.8. The lowest BCUT2D eigenvalue weighted by molar-refractivity contribution is -0.127. The molecule has 12 aromatic heterocycles. The summed E-state index contributed by atoms with van der Waals surface area (Å²) in [5.41, 5.74) is 40.5. The Bertz CT molecular complexity index is 6870. The van der Waals surface area contributed by atoms with Crippen LogP contribution in [0, 0.1) is 27.7 Å². The molecule has 35 heteroatoms. The number of fused-ring (bicyclic) bond motifs is 4. The number of anilines is 12. The number of ether oxygens (including phenoxy) is 3. The number of aliphatic hydroxyl groups excluding tert-OH is 3. The average molecular weight is 1840 g/mol. The van der Waals surface area contributed by atoms with Crippen molar-refractivity contribution in [3.63, 3.8) is 0 Å². The predicted molar refractivity (Wildman–Crippen MR) is 532 cm³/mol. The van der Waals surface area contributed by atoms with Crippen LogP contribution in [0.25, 0.3) is 88.1 Å². The van der Waals surface area contributed by atoms with Gasteiger partial charge in [-0.2, -0.15) is 20.4 Å². The number of aromatic nitrogens is 16. The molecule has 19 heterocycles. The maximum absolute atomic E-state index is 11.6. The number of aliphatic hydroxyl groups is 3. The highest BCUT2D eigenvalue weighted by atomic mass is 16.5. The third kappa shape index (κ3) is 19.9. The third-order valence-electron chi connectivity index (χ3n) is 27.3. The Hall–Kier alpha value is -14.5. The molecule has 0 bridgehead atoms. The minimum atomic E-state index is -0.466. The molecule has 23 rings (SSSR count). The normalized spacial score (nSPS) is 20.0. The first-order valence-corrected chi connectivity index (χ1v) is 46.6. The summed E-state index contributed by atoms with van der Waals surface area (Å²) in [6.07, 6.45) is 23.7. The quantitative estimate of drug-likeness (QED) is 0.0358. The number of hydrogen-bond donors (Lipinski definition) is 11. The van der Waals surface area contributed by atoms with Crippen molar-refractivity contribution >= 4 is 118 Å². The second-order valence-electron chi connectivity index (χ2n) is 36.6. The number of benzene rings is 4. The van der Waals surface area contributed by atoms with Crippen LogP contribution in [-0.2, 0) is 19.0 Å². The van der Waals surface area contributed by atoms with E-state index in [0.717, 1.165) is 238 Å². The van der Waals surface area contributed by atoms with E-state index in [4.69, 9.17) is 37.1 Å². The lowest BCUT2D eigenvalue weighted by atomic mass is 10.00. The van der Waals surface area contributed by atoms with Crippen molar-refractivity contribution < 1.29 is 34.3 Å². The van der Waals surface area contributed by atoms with Crippen molar-refractivity contribution in [2.45, 2.75) is 121 Å². The van der Waals surface area contributed by atoms with Crippen molar-refractivity contribution in [2.75, 3.05) is 136 Å². The van der Waals surface area contributed by atoms with E-state index < -0.39 is 18.3 Å². The molecule has 702 valence electrons. The Balaban J connectivity index is 0.000000113. The van der Waals surface area contributed by atoms with Gasteiger partial charge in [-0.3, -0.25) is 38.2 Å². The molecule has 15 N–H and O–H groups in total. The summed E-state index contributed by atoms with van der Waals surface area (Å²) >= 11 is 0. The standard InChI is InChI=1S/3C26H29N7O2.C24H25N7O/c2*1-16-4-2-3-5-20(16)22-8-17-9-25(28-11-21(17)26(27)31-22)30-18-10-29-33(12-18)23-13-32(7-6-24(23)34)19-14-35-15-19;1-16-4-2-3-5-20(16)22-8-17-9-25(28-11-21(17)26(27)31-22)30-18-10-29-33(12-18)23-6-7-32(13-24(23)34)19-14-35-15-19;1-15-5-3-4-6-20(15)22-9-17-10-23(26-12-21(17)24(25)29-22)28-18-11-27-31(13-18)19-7-8-30(14-19)16(2)32/h3*2-5,8-12,19,23-24,34H,6-7,13-15H2,1H3,(H2,27,31)(H,28,30);3-6,9-13,19H,7-8,14H2,1-2H3,(H2,25,29)(H,26,28)/t3*23-,24-;/m100./s1. The number of carbonyl (C=O) groups excluding carboxylic acids is 1. The number of nitrogens with one attached hydrogen (secondary N) is 4. The first kappa shape index (κ1) is 90.3. The van der Waals surface area contributed by atoms with Gasteiger partial charge in [0.2, 0.25) is 5.91 Å². The van der Waals surface area contributed by atoms with Crippen LogP contribution in [0.4, 0.5) is 69.3 Å². The maximum Gasteiger partial charge on any atom is 0.219 e. The maximum atomic E-state index is 11.6. The predicted octanol–water partition coefficient (Wildman–Crippen LogP) is 13.3. The lowest BCUT2D eigenvalue weighted by Gasteiger charge is -2.43. The molecule has 0 radical (unpaired) electrons. The monoisotopic (exact) mass is 1840 g/mol. The Morgan fingerprint density at radius 3 is 0.942 bits per heavy atom. The van der Waals surface area contributed by atoms with Crippen LogP contribution in [0.15, 0.2) is 220 Å². The fourth-order valence-corrected chi connectivity index (χ4v) is 19.1. The molecular weight excluding hydrogens is 1730 g/mol. The van der Waals surface area contributed by atoms with Gasteiger partial charge in [0, 0.05) is 153 Å². The van der Waals surface area contributed by atoms with Crippen molar-refractivity contribution in [3.05, 3.63) is 242 Å². The van der Waals surface area contributed by atoms with Crippen molar-refractivity contribution in [1.82, 2.24) is 98.6 Å². The second kappa shape index (κ2) is 39.4. The van der Waals surface area contributed by atoms with E-state index in [1.54, 1.807) is 56.5 Å². The van der Waals surface area contributed by atoms with Crippen LogP contribution in [0.5, 0.6) is 0 Å². The molecule has 0 spiro atoms. The van der Waals surface area contributed by atoms with E-state index in [-0.39, 0.29) is 30.1 Å². The summed E-state index contributed by atoms with van der Waals surface area (Å²) in [5.74, 6) is 4.73. The zero-order valence-electron chi connectivity index (χ0n) is 77.0. The number of hydrogen-bond acceptors (Lipinski definition) is 30. The van der Waals surface area contributed by atoms with Gasteiger partial charge in [-0.15, -0.1) is 0 Å². The van der Waals surface area contributed by atoms with Gasteiger partial charge in [0.1, 0.15) is 46.5 Å². The summed E-state index contributed by atoms with van der Waals surface area (Å²) < 4.78 is 23.5. The number of rotatable bonds is 19. The average Bonchev–Trinajstić information content (AvgIpc) is 1.20. The fraction of sp³-hybridized carbons (Fsp3) is 0.324. The second-order valence-corrected chi connectivity index (χ2v) is 36.6. The van der Waals surface area contributed by atoms with Crippen LogP contribution in [0.1, 0.15) is 79.0 Å². The first-order valence-electron chi connectivity index (χ1n) is 46.6. The Kier molecular flexibility index (Phi) is 26.0. The Labute approximate surface area is 791 Å². The van der Waals surface area contributed by atoms with Gasteiger partial charge in [-0.05, 0) is 146 Å². The number of aryl methyl sites for hydroxylation is 4. The van der Waals surface area contributed by atoms with E-state index in [9.17, 15) is 20.1 Å². The molecule has 7 aliphatic rings. The van der Waals surface area contributed by atoms with Gasteiger partial charge < -0.3 is 78.6 Å². The molecular formula is C102H112N28O7. The van der Waals surface area contributed by atoms with Crippen LogP contribution >= 0.6 is 0 Å². The molecule has 0 saturated carbocycles. The molecule has 1 amide bonds. The van der Waals surface area contributed by atoms with E-state index >= 15 is 0 Å². The molecule has 1 unspecified atom stereocenters. The topological polar surface area (TPSA) is 445 Å². The largest absolute Gasteiger partial charge is 0.391 e. The summed E-state index contributed by atoms with van der Waals surface area (Å²) in [5, 5.41) is 70.6. The zero-order chi connectivity index (χ0) is 94.1. The molecule has 0 aliphatic carbocycles. The van der Waals surface area contributed by atoms with E-state index in [1.807, 2.05) is 152 Å². The number of β-amino-alcohol motifs (C(OH)–C–C–N with tert-alkyl or cyclic N) is 1. The van der Waals surface area contributed by atoms with Gasteiger partial charge in [0.15, 0.2) is 0 Å². The van der Waals surface area contributed by atoms with E-state index in [1.165, 1.54) is 0 Å². The van der Waals surface area contributed by atoms with Crippen molar-refractivity contribution in [3.8, 4) is 45.0 Å². The van der Waals surface area contributed by atoms with Crippen LogP contribution in [0.3, 0.4) is 0 Å². The van der Waals surface area contributed by atoms with Crippen molar-refractivity contribution in [2.24, 2.45) is 0 Å². The van der Waals surface area contributed by atoms with Gasteiger partial charge in [-0.25, -0.2) is 39.9 Å². The highest BCUT2D eigenvalue weighted by molar-refractivity contribution is 5.98. The molecule has 4 aromatic carbocycles. The molecule has 7 aliphatic heterocycles. The zero-order valence-corrected chi connectivity index (χ0v) is 77.0. The highest BCUT2D eigenvalue weighted by Crippen LogP contribution is 2.39. The number of nitrogen functional groups attached to an aromatic ring is 4. The third-order valence-corrected chi connectivity index (χ3v) is 27.3. The number of nitrogens with two attached hydrogens (primary N) is 4. The molecule has 7 saturated heterocycles. The first-order chi connectivity index (χ1) is 66.6. The summed E-state index contributed by atoms with van der Waals surface area (Å²) in [6, 6.07) is 49.9. The van der Waals surface area contributed by atoms with Gasteiger partial charge in [0.05, 0.1) is 171 Å². The molecule has 16 aromatic rings. The number of carbonyl (C=O) groups is 1. The van der Waals surface area contributed by atoms with Gasteiger partial charge in [-0.1, -0.05) is 97.1 Å². The lowest BCUT2D eigenvalue weighted by Crippen LogP contribution is -2.55. The summed E-state index contributed by atoms with van der Waals surface area (Å²) in [7, 11) is 0. The molecule has 137 heavy (non-hydrogen) atoms. The van der Waals surface area contributed by atoms with E-state index in [0.29, 0.717) is 77.8 Å². The minimum absolute atomic E-state index is 0.0464. The number of pyridine rings is 8. The summed E-state index contributed by atoms with van der Waals surface area (Å²) in [4.78, 5) is 57.1. The number of nitrogens with zero attached hydrogens (tertiary/aromatic N) is 20. The van der Waals surface area contributed by atoms with E-state index in [2.05, 4.69) is 166 Å². The number of likely N-dealkylation sites (tertiary alicyclic amines) is 4. The Morgan fingerprint density at radius 2 is 0.642 bits per heavy atom. The molecule has 35 nitrogen and oxygen atoms in total. The molecule has 7 fully saturated rings. The van der Waals surface area contributed by atoms with Crippen LogP contribution in [-0.4, -0.2) is 248 Å². The molecule has 7 atom stereocenters. The SMILES string of the molecule is CC(=O)N1CCC(n2cc(Nc3cc4cc(-c5ccccc5C)nc(N)c4cn3)cn2)C1.Cc1ccccc1-c1cc2cc(Nc3cnn([C@@H]4CN(C5COC5)CC[C@H]4O)c3)ncc2c(N)n1.Cc1ccccc1-c1cc2cc(Nc3cnn([C@H]4CCN(C5COC5)C[C@@H]4O)c3)ncc2c(N)n1.Cc1ccccc1-c1cc2cc(Nc3cnn([C@H]4CN(C5COC5)CC[C@@H]4O)c3)ncc2c(N)n1. The number of amides is 1. The fourth-order valence-electron chi connectivity index (χ4n) is 19.1. The minimum Gasteiger partial charge on any atom is -0.391 e. The van der Waals surface area contributed by atoms with Gasteiger partial charge in [0.25, 0.3) is 0 Å². The number of piperidine rings is 3. The van der Waals surface area contributed by atoms with Crippen molar-refractivity contribution in [1.29, 1.82) is 0 Å². The smallest absolute Gasteiger partial charge is 0.219 e. The Morgan fingerprint density at radius 1 is 0.343 bits per heavy atom. The van der Waals surface area contributed by atoms with Crippen LogP contribution < -0.4 is 44.2 Å². The van der Waals surface area contributed by atoms with Crippen LogP contribution in [0.2, 0.25) is 0 Å².